The van der Waals surface area contributed by atoms with Gasteiger partial charge in [0.1, 0.15) is 0 Å². The number of thiophene rings is 1. The predicted octanol–water partition coefficient (Wildman–Crippen LogP) is 2.26. The molecule has 1 rings (SSSR count). The van der Waals surface area contributed by atoms with Crippen LogP contribution in [0.15, 0.2) is 17.5 Å². The molecule has 0 saturated carbocycles. The fourth-order valence-electron chi connectivity index (χ4n) is 1.04. The van der Waals surface area contributed by atoms with Crippen LogP contribution in [0.3, 0.4) is 0 Å². The Kier molecular flexibility index (Phi) is 5.05. The minimum atomic E-state index is 0.432. The molecule has 0 amide bonds. The Morgan fingerprint density at radius 3 is 3.08 bits per heavy atom. The molecule has 0 radical (unpaired) electrons. The first kappa shape index (κ1) is 10.7. The zero-order chi connectivity index (χ0) is 9.52. The van der Waals surface area contributed by atoms with E-state index in [-0.39, 0.29) is 0 Å². The van der Waals surface area contributed by atoms with E-state index < -0.39 is 0 Å². The molecule has 2 nitrogen and oxygen atoms in total. The van der Waals surface area contributed by atoms with Gasteiger partial charge in [-0.2, -0.15) is 0 Å². The molecule has 1 heterocycles. The lowest BCUT2D eigenvalue weighted by Gasteiger charge is -2.12. The maximum atomic E-state index is 5.31. The Labute approximate surface area is 83.9 Å². The van der Waals surface area contributed by atoms with Crippen LogP contribution in [0.5, 0.6) is 0 Å². The van der Waals surface area contributed by atoms with Gasteiger partial charge in [-0.1, -0.05) is 6.07 Å². The van der Waals surface area contributed by atoms with Crippen molar-refractivity contribution in [2.24, 2.45) is 0 Å². The Bertz CT molecular complexity index is 211. The minimum Gasteiger partial charge on any atom is -0.380 e. The van der Waals surface area contributed by atoms with Crippen molar-refractivity contribution in [3.05, 3.63) is 22.4 Å². The van der Waals surface area contributed by atoms with E-state index in [2.05, 4.69) is 29.8 Å². The van der Waals surface area contributed by atoms with Crippen LogP contribution in [0, 0.1) is 0 Å². The molecule has 0 fully saturated rings. The molecule has 74 valence electrons. The summed E-state index contributed by atoms with van der Waals surface area (Å²) in [6, 6.07) is 4.65. The largest absolute Gasteiger partial charge is 0.380 e. The highest BCUT2D eigenvalue weighted by Gasteiger charge is 2.00. The number of nitrogens with one attached hydrogen (secondary N) is 1. The number of ether oxygens (including phenoxy) is 1. The number of hydrogen-bond donors (Lipinski definition) is 1. The molecular weight excluding hydrogens is 182 g/mol. The van der Waals surface area contributed by atoms with Gasteiger partial charge in [0, 0.05) is 24.1 Å². The quantitative estimate of drug-likeness (QED) is 0.759. The zero-order valence-corrected chi connectivity index (χ0v) is 9.06. The fraction of sp³-hybridized carbons (Fsp3) is 0.600. The molecule has 1 atom stereocenters. The van der Waals surface area contributed by atoms with E-state index in [0.29, 0.717) is 6.04 Å². The summed E-state index contributed by atoms with van der Waals surface area (Å²) in [6.45, 7) is 6.70. The highest BCUT2D eigenvalue weighted by molar-refractivity contribution is 7.09. The average Bonchev–Trinajstić information content (AvgIpc) is 2.64. The van der Waals surface area contributed by atoms with Gasteiger partial charge in [0.2, 0.25) is 0 Å². The van der Waals surface area contributed by atoms with Crippen molar-refractivity contribution in [1.29, 1.82) is 0 Å². The van der Waals surface area contributed by atoms with Crippen LogP contribution in [0.4, 0.5) is 0 Å². The third-order valence-electron chi connectivity index (χ3n) is 1.78. The molecule has 3 heteroatoms. The van der Waals surface area contributed by atoms with Crippen molar-refractivity contribution in [2.75, 3.05) is 13.2 Å². The average molecular weight is 199 g/mol. The van der Waals surface area contributed by atoms with Gasteiger partial charge in [0.15, 0.2) is 0 Å². The minimum absolute atomic E-state index is 0.432. The van der Waals surface area contributed by atoms with Crippen molar-refractivity contribution in [1.82, 2.24) is 5.32 Å². The van der Waals surface area contributed by atoms with Gasteiger partial charge in [-0.25, -0.2) is 0 Å². The topological polar surface area (TPSA) is 21.3 Å². The second-order valence-corrected chi connectivity index (χ2v) is 4.05. The van der Waals surface area contributed by atoms with Gasteiger partial charge < -0.3 is 10.1 Å². The van der Waals surface area contributed by atoms with E-state index in [4.69, 9.17) is 4.74 Å². The molecule has 0 bridgehead atoms. The van der Waals surface area contributed by atoms with Crippen LogP contribution < -0.4 is 5.32 Å². The summed E-state index contributed by atoms with van der Waals surface area (Å²) in [5, 5.41) is 5.51. The first-order valence-corrected chi connectivity index (χ1v) is 5.54. The van der Waals surface area contributed by atoms with Gasteiger partial charge in [-0.15, -0.1) is 11.3 Å². The number of hydrogen-bond acceptors (Lipinski definition) is 3. The lowest BCUT2D eigenvalue weighted by Crippen LogP contribution is -2.29. The Balaban J connectivity index is 2.11. The summed E-state index contributed by atoms with van der Waals surface area (Å²) in [5.41, 5.74) is 0. The van der Waals surface area contributed by atoms with Crippen molar-refractivity contribution in [3.63, 3.8) is 0 Å². The van der Waals surface area contributed by atoms with Crippen LogP contribution in [0.2, 0.25) is 0 Å². The fourth-order valence-corrected chi connectivity index (χ4v) is 1.70. The smallest absolute Gasteiger partial charge is 0.0616 e. The van der Waals surface area contributed by atoms with E-state index in [9.17, 15) is 0 Å². The Hall–Kier alpha value is -0.380. The first-order chi connectivity index (χ1) is 6.33. The maximum Gasteiger partial charge on any atom is 0.0616 e. The first-order valence-electron chi connectivity index (χ1n) is 4.66. The summed E-state index contributed by atoms with van der Waals surface area (Å²) in [4.78, 5) is 1.38. The van der Waals surface area contributed by atoms with Crippen LogP contribution in [0.1, 0.15) is 18.7 Å². The highest BCUT2D eigenvalue weighted by atomic mass is 32.1. The van der Waals surface area contributed by atoms with Crippen LogP contribution in [-0.4, -0.2) is 19.3 Å². The molecule has 0 saturated heterocycles. The Morgan fingerprint density at radius 2 is 2.46 bits per heavy atom. The van der Waals surface area contributed by atoms with Crippen molar-refractivity contribution >= 4 is 11.3 Å². The van der Waals surface area contributed by atoms with E-state index in [0.717, 1.165) is 19.8 Å². The SMILES string of the molecule is CCOCC(C)NCc1cccs1. The van der Waals surface area contributed by atoms with Crippen molar-refractivity contribution in [2.45, 2.75) is 26.4 Å². The second kappa shape index (κ2) is 6.13. The molecule has 1 unspecified atom stereocenters. The third-order valence-corrected chi connectivity index (χ3v) is 2.65. The second-order valence-electron chi connectivity index (χ2n) is 3.02. The Morgan fingerprint density at radius 1 is 1.62 bits per heavy atom. The summed E-state index contributed by atoms with van der Waals surface area (Å²) < 4.78 is 5.31. The van der Waals surface area contributed by atoms with Gasteiger partial charge in [-0.05, 0) is 25.3 Å². The normalized spacial score (nSPS) is 13.1. The molecular formula is C10H17NOS. The zero-order valence-electron chi connectivity index (χ0n) is 8.25. The highest BCUT2D eigenvalue weighted by Crippen LogP contribution is 2.07. The van der Waals surface area contributed by atoms with E-state index >= 15 is 0 Å². The van der Waals surface area contributed by atoms with E-state index in [1.54, 1.807) is 11.3 Å². The van der Waals surface area contributed by atoms with Gasteiger partial charge in [0.25, 0.3) is 0 Å². The molecule has 0 aliphatic rings. The standard InChI is InChI=1S/C10H17NOS/c1-3-12-8-9(2)11-7-10-5-4-6-13-10/h4-6,9,11H,3,7-8H2,1-2H3. The summed E-state index contributed by atoms with van der Waals surface area (Å²) >= 11 is 1.79. The summed E-state index contributed by atoms with van der Waals surface area (Å²) in [7, 11) is 0. The van der Waals surface area contributed by atoms with Crippen LogP contribution in [-0.2, 0) is 11.3 Å². The third kappa shape index (κ3) is 4.41. The monoisotopic (exact) mass is 199 g/mol. The molecule has 13 heavy (non-hydrogen) atoms. The van der Waals surface area contributed by atoms with Gasteiger partial charge >= 0.3 is 0 Å². The molecule has 0 aliphatic heterocycles. The molecule has 1 aromatic heterocycles. The molecule has 0 aromatic carbocycles. The summed E-state index contributed by atoms with van der Waals surface area (Å²) in [5.74, 6) is 0. The molecule has 0 spiro atoms. The van der Waals surface area contributed by atoms with Gasteiger partial charge in [-0.3, -0.25) is 0 Å². The van der Waals surface area contributed by atoms with E-state index in [1.165, 1.54) is 4.88 Å². The molecule has 1 aromatic rings. The lowest BCUT2D eigenvalue weighted by molar-refractivity contribution is 0.127. The van der Waals surface area contributed by atoms with Crippen molar-refractivity contribution in [3.8, 4) is 0 Å². The molecule has 1 N–H and O–H groups in total. The maximum absolute atomic E-state index is 5.31. The van der Waals surface area contributed by atoms with Gasteiger partial charge in [0.05, 0.1) is 6.61 Å². The van der Waals surface area contributed by atoms with E-state index in [1.807, 2.05) is 6.92 Å². The summed E-state index contributed by atoms with van der Waals surface area (Å²) in [6.07, 6.45) is 0. The lowest BCUT2D eigenvalue weighted by atomic mass is 10.3. The number of rotatable bonds is 6. The van der Waals surface area contributed by atoms with Crippen LogP contribution >= 0.6 is 11.3 Å². The van der Waals surface area contributed by atoms with Crippen molar-refractivity contribution < 1.29 is 4.74 Å². The predicted molar refractivity (Wildman–Crippen MR) is 57.1 cm³/mol. The molecule has 0 aliphatic carbocycles. The van der Waals surface area contributed by atoms with Crippen LogP contribution in [0.25, 0.3) is 0 Å².